The first kappa shape index (κ1) is 19.4. The highest BCUT2D eigenvalue weighted by atomic mass is 35.5. The number of rotatable bonds is 6. The summed E-state index contributed by atoms with van der Waals surface area (Å²) in [7, 11) is 0. The lowest BCUT2D eigenvalue weighted by atomic mass is 10.1. The molecule has 0 unspecified atom stereocenters. The Morgan fingerprint density at radius 1 is 1.04 bits per heavy atom. The minimum absolute atomic E-state index is 0.0139. The predicted molar refractivity (Wildman–Crippen MR) is 107 cm³/mol. The van der Waals surface area contributed by atoms with Gasteiger partial charge in [0.15, 0.2) is 0 Å². The van der Waals surface area contributed by atoms with Gasteiger partial charge in [0.2, 0.25) is 5.91 Å². The third-order valence-corrected chi connectivity index (χ3v) is 4.90. The van der Waals surface area contributed by atoms with Crippen LogP contribution < -0.4 is 5.32 Å². The number of piperazine rings is 1. The van der Waals surface area contributed by atoms with Crippen LogP contribution in [0.1, 0.15) is 15.9 Å². The van der Waals surface area contributed by atoms with E-state index in [0.29, 0.717) is 36.6 Å². The monoisotopic (exact) mass is 385 g/mol. The Bertz CT molecular complexity index is 776. The number of hydrogen-bond acceptors (Lipinski definition) is 3. The molecule has 0 saturated carbocycles. The van der Waals surface area contributed by atoms with E-state index in [4.69, 9.17) is 11.6 Å². The summed E-state index contributed by atoms with van der Waals surface area (Å²) in [6, 6.07) is 16.8. The summed E-state index contributed by atoms with van der Waals surface area (Å²) in [5, 5.41) is 3.75. The van der Waals surface area contributed by atoms with E-state index in [1.54, 1.807) is 29.2 Å². The van der Waals surface area contributed by atoms with Crippen molar-refractivity contribution >= 4 is 23.4 Å². The van der Waals surface area contributed by atoms with E-state index in [0.717, 1.165) is 18.7 Å². The van der Waals surface area contributed by atoms with Crippen LogP contribution in [-0.4, -0.2) is 60.9 Å². The number of carbonyl (C=O) groups excluding carboxylic acids is 2. The van der Waals surface area contributed by atoms with Crippen LogP contribution >= 0.6 is 11.6 Å². The summed E-state index contributed by atoms with van der Waals surface area (Å²) in [6.45, 7) is 3.49. The van der Waals surface area contributed by atoms with E-state index in [-0.39, 0.29) is 18.4 Å². The van der Waals surface area contributed by atoms with Gasteiger partial charge in [0.05, 0.1) is 0 Å². The van der Waals surface area contributed by atoms with Gasteiger partial charge in [-0.05, 0) is 30.2 Å². The third-order valence-electron chi connectivity index (χ3n) is 4.67. The number of hydrogen-bond donors (Lipinski definition) is 1. The Kier molecular flexibility index (Phi) is 6.85. The van der Waals surface area contributed by atoms with Crippen LogP contribution in [0, 0.1) is 0 Å². The van der Waals surface area contributed by atoms with Gasteiger partial charge in [-0.3, -0.25) is 9.59 Å². The summed E-state index contributed by atoms with van der Waals surface area (Å²) < 4.78 is 0. The van der Waals surface area contributed by atoms with Crippen LogP contribution in [0.3, 0.4) is 0 Å². The number of carbonyl (C=O) groups is 2. The molecule has 27 heavy (non-hydrogen) atoms. The molecule has 0 radical (unpaired) electrons. The molecule has 0 aliphatic carbocycles. The quantitative estimate of drug-likeness (QED) is 0.831. The molecule has 2 amide bonds. The van der Waals surface area contributed by atoms with Crippen molar-refractivity contribution in [1.29, 1.82) is 0 Å². The highest BCUT2D eigenvalue weighted by molar-refractivity contribution is 6.30. The smallest absolute Gasteiger partial charge is 0.254 e. The van der Waals surface area contributed by atoms with Crippen LogP contribution in [-0.2, 0) is 11.2 Å². The molecule has 1 heterocycles. The maximum Gasteiger partial charge on any atom is 0.254 e. The van der Waals surface area contributed by atoms with Gasteiger partial charge in [-0.15, -0.1) is 0 Å². The highest BCUT2D eigenvalue weighted by Gasteiger charge is 2.23. The standard InChI is InChI=1S/C21H24ClN3O2/c22-19-8-4-7-18(15-19)21(27)25(12-9-17-5-2-1-3-6-17)16-20(26)24-13-10-23-11-14-24/h1-8,15,23H,9-14,16H2. The van der Waals surface area contributed by atoms with Gasteiger partial charge in [-0.2, -0.15) is 0 Å². The molecule has 6 heteroatoms. The lowest BCUT2D eigenvalue weighted by Crippen LogP contribution is -2.50. The molecular weight excluding hydrogens is 362 g/mol. The number of nitrogens with one attached hydrogen (secondary N) is 1. The second-order valence-electron chi connectivity index (χ2n) is 6.60. The van der Waals surface area contributed by atoms with Gasteiger partial charge in [-0.1, -0.05) is 48.0 Å². The number of halogens is 1. The van der Waals surface area contributed by atoms with Crippen molar-refractivity contribution in [3.8, 4) is 0 Å². The van der Waals surface area contributed by atoms with Crippen LogP contribution in [0.5, 0.6) is 0 Å². The highest BCUT2D eigenvalue weighted by Crippen LogP contribution is 2.14. The molecule has 2 aromatic rings. The van der Waals surface area contributed by atoms with Crippen molar-refractivity contribution in [2.24, 2.45) is 0 Å². The predicted octanol–water partition coefficient (Wildman–Crippen LogP) is 2.46. The Hall–Kier alpha value is -2.37. The van der Waals surface area contributed by atoms with Crippen LogP contribution in [0.25, 0.3) is 0 Å². The van der Waals surface area contributed by atoms with E-state index in [9.17, 15) is 9.59 Å². The second-order valence-corrected chi connectivity index (χ2v) is 7.04. The average molecular weight is 386 g/mol. The van der Waals surface area contributed by atoms with Gasteiger partial charge in [0.25, 0.3) is 5.91 Å². The van der Waals surface area contributed by atoms with Crippen LogP contribution in [0.4, 0.5) is 0 Å². The second kappa shape index (κ2) is 9.53. The molecule has 0 atom stereocenters. The molecule has 1 N–H and O–H groups in total. The van der Waals surface area contributed by atoms with Crippen molar-refractivity contribution in [3.05, 3.63) is 70.7 Å². The van der Waals surface area contributed by atoms with E-state index < -0.39 is 0 Å². The summed E-state index contributed by atoms with van der Waals surface area (Å²) in [5.41, 5.74) is 1.64. The zero-order valence-electron chi connectivity index (χ0n) is 15.2. The van der Waals surface area contributed by atoms with Gasteiger partial charge in [0.1, 0.15) is 6.54 Å². The van der Waals surface area contributed by atoms with Crippen molar-refractivity contribution in [2.45, 2.75) is 6.42 Å². The van der Waals surface area contributed by atoms with Crippen molar-refractivity contribution in [3.63, 3.8) is 0 Å². The molecule has 142 valence electrons. The number of benzene rings is 2. The van der Waals surface area contributed by atoms with Crippen molar-refractivity contribution in [2.75, 3.05) is 39.3 Å². The molecular formula is C21H24ClN3O2. The van der Waals surface area contributed by atoms with Crippen LogP contribution in [0.2, 0.25) is 5.02 Å². The Morgan fingerprint density at radius 3 is 2.48 bits per heavy atom. The summed E-state index contributed by atoms with van der Waals surface area (Å²) in [5.74, 6) is -0.183. The van der Waals surface area contributed by atoms with E-state index in [2.05, 4.69) is 5.32 Å². The molecule has 1 saturated heterocycles. The first-order chi connectivity index (χ1) is 13.1. The lowest BCUT2D eigenvalue weighted by Gasteiger charge is -2.30. The molecule has 0 spiro atoms. The summed E-state index contributed by atoms with van der Waals surface area (Å²) >= 11 is 6.04. The largest absolute Gasteiger partial charge is 0.339 e. The van der Waals surface area contributed by atoms with Gasteiger partial charge in [-0.25, -0.2) is 0 Å². The fourth-order valence-electron chi connectivity index (χ4n) is 3.14. The van der Waals surface area contributed by atoms with E-state index in [1.165, 1.54) is 0 Å². The number of nitrogens with zero attached hydrogens (tertiary/aromatic N) is 2. The maximum absolute atomic E-state index is 13.0. The first-order valence-corrected chi connectivity index (χ1v) is 9.58. The molecule has 1 aliphatic rings. The topological polar surface area (TPSA) is 52.7 Å². The Morgan fingerprint density at radius 2 is 1.78 bits per heavy atom. The third kappa shape index (κ3) is 5.55. The number of amides is 2. The van der Waals surface area contributed by atoms with Crippen molar-refractivity contribution < 1.29 is 9.59 Å². The van der Waals surface area contributed by atoms with Gasteiger partial charge in [0, 0.05) is 43.3 Å². The zero-order valence-corrected chi connectivity index (χ0v) is 16.0. The lowest BCUT2D eigenvalue weighted by molar-refractivity contribution is -0.132. The van der Waals surface area contributed by atoms with Crippen molar-refractivity contribution in [1.82, 2.24) is 15.1 Å². The van der Waals surface area contributed by atoms with Gasteiger partial charge < -0.3 is 15.1 Å². The minimum Gasteiger partial charge on any atom is -0.339 e. The molecule has 0 bridgehead atoms. The molecule has 1 aliphatic heterocycles. The maximum atomic E-state index is 13.0. The van der Waals surface area contributed by atoms with E-state index in [1.807, 2.05) is 35.2 Å². The minimum atomic E-state index is -0.170. The summed E-state index contributed by atoms with van der Waals surface area (Å²) in [4.78, 5) is 29.2. The first-order valence-electron chi connectivity index (χ1n) is 9.21. The molecule has 5 nitrogen and oxygen atoms in total. The normalized spacial score (nSPS) is 14.0. The van der Waals surface area contributed by atoms with E-state index >= 15 is 0 Å². The Balaban J connectivity index is 1.72. The Labute approximate surface area is 164 Å². The average Bonchev–Trinajstić information content (AvgIpc) is 2.72. The fourth-order valence-corrected chi connectivity index (χ4v) is 3.33. The zero-order chi connectivity index (χ0) is 19.1. The van der Waals surface area contributed by atoms with Crippen LogP contribution in [0.15, 0.2) is 54.6 Å². The summed E-state index contributed by atoms with van der Waals surface area (Å²) in [6.07, 6.45) is 0.696. The SMILES string of the molecule is O=C(CN(CCc1ccccc1)C(=O)c1cccc(Cl)c1)N1CCNCC1. The molecule has 1 fully saturated rings. The fraction of sp³-hybridized carbons (Fsp3) is 0.333. The molecule has 3 rings (SSSR count). The molecule has 0 aromatic heterocycles. The van der Waals surface area contributed by atoms with Gasteiger partial charge >= 0.3 is 0 Å². The molecule has 2 aromatic carbocycles.